The van der Waals surface area contributed by atoms with Gasteiger partial charge in [-0.1, -0.05) is 13.3 Å². The number of thiophene rings is 1. The first-order valence-electron chi connectivity index (χ1n) is 10.4. The van der Waals surface area contributed by atoms with Crippen molar-refractivity contribution in [1.82, 2.24) is 34.9 Å². The summed E-state index contributed by atoms with van der Waals surface area (Å²) in [6, 6.07) is 2.02. The van der Waals surface area contributed by atoms with Crippen molar-refractivity contribution in [1.29, 1.82) is 0 Å². The number of nitrogens with zero attached hydrogens (tertiary/aromatic N) is 8. The van der Waals surface area contributed by atoms with Crippen molar-refractivity contribution in [2.24, 2.45) is 0 Å². The van der Waals surface area contributed by atoms with Crippen LogP contribution in [0.4, 0.5) is 19.0 Å². The second kappa shape index (κ2) is 8.33. The smallest absolute Gasteiger partial charge is 0.418 e. The lowest BCUT2D eigenvalue weighted by Crippen LogP contribution is -2.36. The molecule has 0 amide bonds. The number of alkyl halides is 3. The van der Waals surface area contributed by atoms with Gasteiger partial charge in [0.1, 0.15) is 10.6 Å². The predicted molar refractivity (Wildman–Crippen MR) is 112 cm³/mol. The van der Waals surface area contributed by atoms with Crippen LogP contribution in [0.1, 0.15) is 35.8 Å². The topological polar surface area (TPSA) is 119 Å². The van der Waals surface area contributed by atoms with Crippen LogP contribution in [0, 0.1) is 0 Å². The lowest BCUT2D eigenvalue weighted by atomic mass is 10.2. The molecule has 1 N–H and O–H groups in total. The number of hydrogen-bond acceptors (Lipinski definition) is 10. The average molecular weight is 480 g/mol. The molecule has 5 heterocycles. The minimum Gasteiger partial charge on any atom is -0.418 e. The third kappa shape index (κ3) is 4.04. The Morgan fingerprint density at radius 2 is 1.97 bits per heavy atom. The Morgan fingerprint density at radius 3 is 2.73 bits per heavy atom. The fraction of sp³-hybridized carbons (Fsp3) is 0.474. The Bertz CT molecular complexity index is 1300. The standard InChI is InChI=1S/C19H19F3N8O2S/c1-2-3-10-8-11-15(29-5-6-30-12(9-29)25-28-18(30)19(20,21)22)23-14(24-17(11)33-10)16-27-26-13(32-16)4-7-31/h8,31H,2-7,9H2,1H3. The molecule has 4 aromatic heterocycles. The molecule has 0 aromatic carbocycles. The Balaban J connectivity index is 1.56. The molecular weight excluding hydrogens is 461 g/mol. The Labute approximate surface area is 189 Å². The molecule has 0 fully saturated rings. The highest BCUT2D eigenvalue weighted by Gasteiger charge is 2.39. The highest BCUT2D eigenvalue weighted by molar-refractivity contribution is 7.18. The van der Waals surface area contributed by atoms with E-state index in [4.69, 9.17) is 9.52 Å². The first-order chi connectivity index (χ1) is 15.9. The van der Waals surface area contributed by atoms with Crippen molar-refractivity contribution in [2.45, 2.75) is 45.5 Å². The number of fused-ring (bicyclic) bond motifs is 2. The molecule has 5 rings (SSSR count). The Morgan fingerprint density at radius 1 is 1.12 bits per heavy atom. The van der Waals surface area contributed by atoms with Gasteiger partial charge in [-0.15, -0.1) is 31.7 Å². The van der Waals surface area contributed by atoms with Crippen molar-refractivity contribution in [3.05, 3.63) is 28.5 Å². The van der Waals surface area contributed by atoms with Gasteiger partial charge in [-0.2, -0.15) is 13.2 Å². The van der Waals surface area contributed by atoms with Gasteiger partial charge in [0.2, 0.25) is 17.5 Å². The molecule has 0 aliphatic carbocycles. The van der Waals surface area contributed by atoms with E-state index in [1.54, 1.807) is 0 Å². The predicted octanol–water partition coefficient (Wildman–Crippen LogP) is 2.86. The van der Waals surface area contributed by atoms with Crippen LogP contribution in [-0.2, 0) is 32.1 Å². The Kier molecular flexibility index (Phi) is 5.48. The van der Waals surface area contributed by atoms with Crippen LogP contribution in [-0.4, -0.2) is 53.2 Å². The molecule has 0 bridgehead atoms. The fourth-order valence-electron chi connectivity index (χ4n) is 3.75. The number of aromatic nitrogens is 7. The lowest BCUT2D eigenvalue weighted by molar-refractivity contribution is -0.147. The second-order valence-electron chi connectivity index (χ2n) is 7.54. The van der Waals surface area contributed by atoms with Crippen LogP contribution in [0.25, 0.3) is 21.9 Å². The van der Waals surface area contributed by atoms with E-state index >= 15 is 0 Å². The molecule has 4 aromatic rings. The summed E-state index contributed by atoms with van der Waals surface area (Å²) in [4.78, 5) is 13.0. The number of anilines is 1. The minimum atomic E-state index is -4.56. The summed E-state index contributed by atoms with van der Waals surface area (Å²) in [7, 11) is 0. The molecule has 33 heavy (non-hydrogen) atoms. The first kappa shape index (κ1) is 21.7. The van der Waals surface area contributed by atoms with Crippen LogP contribution in [0.3, 0.4) is 0 Å². The molecular formula is C19H19F3N8O2S. The quantitative estimate of drug-likeness (QED) is 0.444. The normalized spacial score (nSPS) is 14.3. The number of aliphatic hydroxyl groups excluding tert-OH is 1. The number of aliphatic hydroxyl groups is 1. The molecule has 14 heteroatoms. The second-order valence-corrected chi connectivity index (χ2v) is 8.65. The van der Waals surface area contributed by atoms with Gasteiger partial charge < -0.3 is 19.0 Å². The zero-order valence-corrected chi connectivity index (χ0v) is 18.3. The summed E-state index contributed by atoms with van der Waals surface area (Å²) < 4.78 is 46.3. The zero-order chi connectivity index (χ0) is 23.2. The summed E-state index contributed by atoms with van der Waals surface area (Å²) in [5, 5.41) is 24.9. The van der Waals surface area contributed by atoms with E-state index in [-0.39, 0.29) is 56.1 Å². The van der Waals surface area contributed by atoms with Crippen LogP contribution in [0.2, 0.25) is 0 Å². The summed E-state index contributed by atoms with van der Waals surface area (Å²) in [5.41, 5.74) is 0. The van der Waals surface area contributed by atoms with Gasteiger partial charge in [0.05, 0.1) is 18.5 Å². The van der Waals surface area contributed by atoms with Crippen molar-refractivity contribution < 1.29 is 22.7 Å². The molecule has 0 saturated carbocycles. The summed E-state index contributed by atoms with van der Waals surface area (Å²) in [6.07, 6.45) is -2.51. The van der Waals surface area contributed by atoms with E-state index in [9.17, 15) is 13.2 Å². The van der Waals surface area contributed by atoms with Gasteiger partial charge in [0.15, 0.2) is 5.82 Å². The number of hydrogen-bond donors (Lipinski definition) is 1. The fourth-order valence-corrected chi connectivity index (χ4v) is 4.88. The van der Waals surface area contributed by atoms with E-state index in [1.165, 1.54) is 11.3 Å². The SMILES string of the molecule is CCCc1cc2c(N3CCn4c(nnc4C(F)(F)F)C3)nc(-c3nnc(CCO)o3)nc2s1. The minimum absolute atomic E-state index is 0.0746. The van der Waals surface area contributed by atoms with Crippen molar-refractivity contribution >= 4 is 27.4 Å². The van der Waals surface area contributed by atoms with Gasteiger partial charge in [-0.05, 0) is 12.5 Å². The van der Waals surface area contributed by atoms with E-state index < -0.39 is 12.0 Å². The van der Waals surface area contributed by atoms with E-state index in [0.717, 1.165) is 32.5 Å². The summed E-state index contributed by atoms with van der Waals surface area (Å²) in [5.74, 6) is 0.399. The van der Waals surface area contributed by atoms with Crippen molar-refractivity contribution in [3.63, 3.8) is 0 Å². The molecule has 10 nitrogen and oxygen atoms in total. The highest BCUT2D eigenvalue weighted by Crippen LogP contribution is 2.36. The third-order valence-corrected chi connectivity index (χ3v) is 6.30. The van der Waals surface area contributed by atoms with Gasteiger partial charge in [-0.25, -0.2) is 9.97 Å². The van der Waals surface area contributed by atoms with Gasteiger partial charge >= 0.3 is 6.18 Å². The molecule has 0 spiro atoms. The first-order valence-corrected chi connectivity index (χ1v) is 11.2. The van der Waals surface area contributed by atoms with Gasteiger partial charge in [0, 0.05) is 24.4 Å². The molecule has 0 unspecified atom stereocenters. The van der Waals surface area contributed by atoms with Crippen LogP contribution in [0.15, 0.2) is 10.5 Å². The van der Waals surface area contributed by atoms with Crippen molar-refractivity contribution in [3.8, 4) is 11.7 Å². The molecule has 1 aliphatic rings. The summed E-state index contributed by atoms with van der Waals surface area (Å²) >= 11 is 1.53. The number of halogens is 3. The van der Waals surface area contributed by atoms with Crippen LogP contribution >= 0.6 is 11.3 Å². The maximum absolute atomic E-state index is 13.2. The van der Waals surface area contributed by atoms with Gasteiger partial charge in [0.25, 0.3) is 5.89 Å². The zero-order valence-electron chi connectivity index (χ0n) is 17.5. The lowest BCUT2D eigenvalue weighted by Gasteiger charge is -2.29. The molecule has 174 valence electrons. The monoisotopic (exact) mass is 480 g/mol. The largest absolute Gasteiger partial charge is 0.451 e. The number of aryl methyl sites for hydroxylation is 1. The number of rotatable bonds is 6. The van der Waals surface area contributed by atoms with E-state index in [2.05, 4.69) is 37.3 Å². The molecule has 0 saturated heterocycles. The van der Waals surface area contributed by atoms with Crippen LogP contribution < -0.4 is 4.90 Å². The molecule has 0 radical (unpaired) electrons. The Hall–Kier alpha value is -3.13. The molecule has 1 aliphatic heterocycles. The average Bonchev–Trinajstić information content (AvgIpc) is 3.50. The highest BCUT2D eigenvalue weighted by atomic mass is 32.1. The summed E-state index contributed by atoms with van der Waals surface area (Å²) in [6.45, 7) is 2.43. The maximum Gasteiger partial charge on any atom is 0.451 e. The maximum atomic E-state index is 13.2. The molecule has 0 atom stereocenters. The third-order valence-electron chi connectivity index (χ3n) is 5.21. The van der Waals surface area contributed by atoms with E-state index in [0.29, 0.717) is 5.82 Å². The van der Waals surface area contributed by atoms with Crippen LogP contribution in [0.5, 0.6) is 0 Å². The van der Waals surface area contributed by atoms with Gasteiger partial charge in [-0.3, -0.25) is 0 Å². The van der Waals surface area contributed by atoms with Crippen molar-refractivity contribution in [2.75, 3.05) is 18.1 Å². The van der Waals surface area contributed by atoms with E-state index in [1.807, 2.05) is 11.0 Å².